The number of carboxylic acid groups (broad SMARTS) is 1. The molecule has 3 heterocycles. The number of rotatable bonds is 3. The van der Waals surface area contributed by atoms with Crippen molar-refractivity contribution in [3.05, 3.63) is 43.0 Å². The van der Waals surface area contributed by atoms with Gasteiger partial charge in [0.05, 0.1) is 16.8 Å². The number of aryl methyl sites for hydroxylation is 1. The van der Waals surface area contributed by atoms with E-state index < -0.39 is 5.97 Å². The molecule has 1 fully saturated rings. The summed E-state index contributed by atoms with van der Waals surface area (Å²) >= 11 is 0. The maximum Gasteiger partial charge on any atom is 0.308 e. The van der Waals surface area contributed by atoms with Gasteiger partial charge in [0.2, 0.25) is 0 Å². The molecule has 0 radical (unpaired) electrons. The smallest absolute Gasteiger partial charge is 0.308 e. The minimum absolute atomic E-state index is 0.243. The van der Waals surface area contributed by atoms with Crippen LogP contribution in [0.5, 0.6) is 0 Å². The first-order valence-electron chi connectivity index (χ1n) is 8.90. The number of hydrogen-bond acceptors (Lipinski definition) is 4. The fraction of sp³-hybridized carbons (Fsp3) is 0.350. The van der Waals surface area contributed by atoms with Crippen molar-refractivity contribution in [2.24, 2.45) is 13.0 Å². The molecule has 26 heavy (non-hydrogen) atoms. The quantitative estimate of drug-likeness (QED) is 0.784. The molecule has 2 aromatic heterocycles. The summed E-state index contributed by atoms with van der Waals surface area (Å²) in [6, 6.07) is 8.38. The molecular formula is C20H22N4O2. The zero-order valence-corrected chi connectivity index (χ0v) is 15.0. The second-order valence-electron chi connectivity index (χ2n) is 7.08. The fourth-order valence-corrected chi connectivity index (χ4v) is 3.82. The van der Waals surface area contributed by atoms with Crippen molar-refractivity contribution in [3.8, 4) is 11.1 Å². The molecule has 2 unspecified atom stereocenters. The first-order valence-corrected chi connectivity index (χ1v) is 8.90. The van der Waals surface area contributed by atoms with Crippen LogP contribution in [-0.4, -0.2) is 38.2 Å². The van der Waals surface area contributed by atoms with E-state index in [-0.39, 0.29) is 12.0 Å². The summed E-state index contributed by atoms with van der Waals surface area (Å²) in [4.78, 5) is 22.7. The lowest BCUT2D eigenvalue weighted by atomic mass is 9.92. The van der Waals surface area contributed by atoms with E-state index in [0.29, 0.717) is 13.0 Å². The second kappa shape index (κ2) is 6.44. The third-order valence-electron chi connectivity index (χ3n) is 5.29. The summed E-state index contributed by atoms with van der Waals surface area (Å²) in [5.41, 5.74) is 3.05. The van der Waals surface area contributed by atoms with Crippen LogP contribution >= 0.6 is 0 Å². The third-order valence-corrected chi connectivity index (χ3v) is 5.29. The highest BCUT2D eigenvalue weighted by molar-refractivity contribution is 6.02. The molecule has 134 valence electrons. The van der Waals surface area contributed by atoms with Crippen LogP contribution in [0, 0.1) is 5.92 Å². The molecule has 0 amide bonds. The number of nitrogens with zero attached hydrogens (tertiary/aromatic N) is 4. The Morgan fingerprint density at radius 2 is 2.08 bits per heavy atom. The third kappa shape index (κ3) is 2.81. The van der Waals surface area contributed by atoms with Crippen molar-refractivity contribution < 1.29 is 9.90 Å². The van der Waals surface area contributed by atoms with Gasteiger partial charge in [-0.1, -0.05) is 12.1 Å². The largest absolute Gasteiger partial charge is 0.481 e. The Kier molecular flexibility index (Phi) is 4.11. The summed E-state index contributed by atoms with van der Waals surface area (Å²) in [6.07, 6.45) is 7.22. The monoisotopic (exact) mass is 350 g/mol. The van der Waals surface area contributed by atoms with Gasteiger partial charge in [0, 0.05) is 37.6 Å². The lowest BCUT2D eigenvalue weighted by Crippen LogP contribution is -2.44. The van der Waals surface area contributed by atoms with Gasteiger partial charge in [-0.3, -0.25) is 4.79 Å². The lowest BCUT2D eigenvalue weighted by molar-refractivity contribution is -0.142. The molecule has 1 aromatic carbocycles. The van der Waals surface area contributed by atoms with Crippen molar-refractivity contribution >= 4 is 22.7 Å². The Morgan fingerprint density at radius 3 is 2.81 bits per heavy atom. The first kappa shape index (κ1) is 16.6. The molecule has 2 atom stereocenters. The zero-order valence-electron chi connectivity index (χ0n) is 15.0. The van der Waals surface area contributed by atoms with Crippen LogP contribution < -0.4 is 4.90 Å². The van der Waals surface area contributed by atoms with Crippen molar-refractivity contribution in [2.45, 2.75) is 25.8 Å². The molecule has 1 aliphatic heterocycles. The summed E-state index contributed by atoms with van der Waals surface area (Å²) < 4.78 is 2.02. The normalized spacial score (nSPS) is 20.5. The van der Waals surface area contributed by atoms with E-state index in [9.17, 15) is 9.90 Å². The van der Waals surface area contributed by atoms with Gasteiger partial charge in [-0.05, 0) is 37.5 Å². The molecule has 0 saturated carbocycles. The predicted molar refractivity (Wildman–Crippen MR) is 101 cm³/mol. The van der Waals surface area contributed by atoms with Crippen molar-refractivity contribution in [3.63, 3.8) is 0 Å². The number of carboxylic acids is 1. The maximum absolute atomic E-state index is 11.5. The number of piperidine rings is 1. The molecule has 3 aromatic rings. The van der Waals surface area contributed by atoms with E-state index in [2.05, 4.69) is 40.1 Å². The van der Waals surface area contributed by atoms with Crippen LogP contribution in [0.1, 0.15) is 19.8 Å². The highest BCUT2D eigenvalue weighted by atomic mass is 16.4. The van der Waals surface area contributed by atoms with Crippen LogP contribution in [0.4, 0.5) is 5.82 Å². The van der Waals surface area contributed by atoms with Gasteiger partial charge in [0.25, 0.3) is 0 Å². The zero-order chi connectivity index (χ0) is 18.3. The van der Waals surface area contributed by atoms with Gasteiger partial charge in [-0.15, -0.1) is 0 Å². The number of aliphatic carboxylic acids is 1. The molecule has 6 heteroatoms. The number of aromatic nitrogens is 3. The number of hydrogen-bond donors (Lipinski definition) is 1. The Hall–Kier alpha value is -2.89. The second-order valence-corrected chi connectivity index (χ2v) is 7.08. The van der Waals surface area contributed by atoms with E-state index in [0.717, 1.165) is 34.3 Å². The van der Waals surface area contributed by atoms with Gasteiger partial charge in [0.1, 0.15) is 12.1 Å². The van der Waals surface area contributed by atoms with Gasteiger partial charge < -0.3 is 14.6 Å². The van der Waals surface area contributed by atoms with E-state index in [4.69, 9.17) is 0 Å². The predicted octanol–water partition coefficient (Wildman–Crippen LogP) is 3.32. The molecule has 1 saturated heterocycles. The molecule has 0 bridgehead atoms. The average Bonchev–Trinajstić information content (AvgIpc) is 3.07. The van der Waals surface area contributed by atoms with Crippen LogP contribution in [0.2, 0.25) is 0 Å². The minimum atomic E-state index is -0.733. The van der Waals surface area contributed by atoms with Crippen LogP contribution in [-0.2, 0) is 11.8 Å². The molecule has 4 rings (SSSR count). The Balaban J connectivity index is 1.88. The lowest BCUT2D eigenvalue weighted by Gasteiger charge is -2.38. The maximum atomic E-state index is 11.5. The Labute approximate surface area is 152 Å². The summed E-state index contributed by atoms with van der Waals surface area (Å²) in [5, 5.41) is 10.5. The van der Waals surface area contributed by atoms with Crippen molar-refractivity contribution in [2.75, 3.05) is 11.4 Å². The highest BCUT2D eigenvalue weighted by Gasteiger charge is 2.31. The van der Waals surface area contributed by atoms with E-state index in [1.807, 2.05) is 29.9 Å². The van der Waals surface area contributed by atoms with E-state index in [1.165, 1.54) is 0 Å². The fourth-order valence-electron chi connectivity index (χ4n) is 3.82. The first-order chi connectivity index (χ1) is 12.5. The SMILES string of the molecule is CC1CCC(C(=O)O)CN1c1ncnc2cccc(-c3ccn(C)c3)c12. The van der Waals surface area contributed by atoms with Crippen LogP contribution in [0.3, 0.4) is 0 Å². The molecule has 0 aliphatic carbocycles. The van der Waals surface area contributed by atoms with Gasteiger partial charge in [-0.25, -0.2) is 9.97 Å². The van der Waals surface area contributed by atoms with Gasteiger partial charge in [0.15, 0.2) is 0 Å². The highest BCUT2D eigenvalue weighted by Crippen LogP contribution is 2.36. The minimum Gasteiger partial charge on any atom is -0.481 e. The Morgan fingerprint density at radius 1 is 1.23 bits per heavy atom. The van der Waals surface area contributed by atoms with Crippen LogP contribution in [0.15, 0.2) is 43.0 Å². The number of fused-ring (bicyclic) bond motifs is 1. The van der Waals surface area contributed by atoms with E-state index >= 15 is 0 Å². The molecular weight excluding hydrogens is 328 g/mol. The topological polar surface area (TPSA) is 71.2 Å². The molecule has 0 spiro atoms. The summed E-state index contributed by atoms with van der Waals surface area (Å²) in [5.74, 6) is -0.267. The van der Waals surface area contributed by atoms with Crippen LogP contribution in [0.25, 0.3) is 22.0 Å². The summed E-state index contributed by atoms with van der Waals surface area (Å²) in [6.45, 7) is 2.61. The Bertz CT molecular complexity index is 960. The van der Waals surface area contributed by atoms with Crippen molar-refractivity contribution in [1.29, 1.82) is 0 Å². The van der Waals surface area contributed by atoms with E-state index in [1.54, 1.807) is 6.33 Å². The average molecular weight is 350 g/mol. The van der Waals surface area contributed by atoms with Gasteiger partial charge >= 0.3 is 5.97 Å². The van der Waals surface area contributed by atoms with Crippen molar-refractivity contribution in [1.82, 2.24) is 14.5 Å². The molecule has 1 aliphatic rings. The summed E-state index contributed by atoms with van der Waals surface area (Å²) in [7, 11) is 2.00. The van der Waals surface area contributed by atoms with Gasteiger partial charge in [-0.2, -0.15) is 0 Å². The molecule has 6 nitrogen and oxygen atoms in total. The number of anilines is 1. The number of benzene rings is 1. The molecule has 1 N–H and O–H groups in total. The standard InChI is InChI=1S/C20H22N4O2/c1-13-6-7-15(20(25)26)11-24(13)19-18-16(14-8-9-23(2)10-14)4-3-5-17(18)21-12-22-19/h3-5,8-10,12-13,15H,6-7,11H2,1-2H3,(H,25,26). The number of carbonyl (C=O) groups is 1.